The lowest BCUT2D eigenvalue weighted by Gasteiger charge is -2.11. The van der Waals surface area contributed by atoms with Gasteiger partial charge < -0.3 is 15.7 Å². The molecule has 0 bridgehead atoms. The highest BCUT2D eigenvalue weighted by Crippen LogP contribution is 2.05. The van der Waals surface area contributed by atoms with E-state index in [2.05, 4.69) is 15.7 Å². The largest absolute Gasteiger partial charge is 0.480 e. The molecule has 1 rings (SSSR count). The summed E-state index contributed by atoms with van der Waals surface area (Å²) in [7, 11) is 0. The number of nitrogens with zero attached hydrogens (tertiary/aromatic N) is 2. The van der Waals surface area contributed by atoms with Gasteiger partial charge in [0.15, 0.2) is 0 Å². The number of carboxylic acid groups (broad SMARTS) is 1. The van der Waals surface area contributed by atoms with Gasteiger partial charge in [0.25, 0.3) is 0 Å². The van der Waals surface area contributed by atoms with Crippen LogP contribution in [0.2, 0.25) is 0 Å². The number of anilines is 1. The Bertz CT molecular complexity index is 468. The van der Waals surface area contributed by atoms with E-state index in [1.807, 2.05) is 0 Å². The molecule has 98 valence electrons. The summed E-state index contributed by atoms with van der Waals surface area (Å²) >= 11 is 0. The van der Waals surface area contributed by atoms with Crippen LogP contribution >= 0.6 is 0 Å². The van der Waals surface area contributed by atoms with E-state index in [0.29, 0.717) is 5.69 Å². The first-order valence-electron chi connectivity index (χ1n) is 5.20. The fourth-order valence-electron chi connectivity index (χ4n) is 1.27. The van der Waals surface area contributed by atoms with E-state index in [1.165, 1.54) is 24.0 Å². The summed E-state index contributed by atoms with van der Waals surface area (Å²) < 4.78 is 1.18. The van der Waals surface area contributed by atoms with E-state index in [1.54, 1.807) is 6.92 Å². The first kappa shape index (κ1) is 13.7. The second-order valence-electron chi connectivity index (χ2n) is 3.73. The molecular weight excluding hydrogens is 240 g/mol. The molecule has 0 aromatic carbocycles. The predicted molar refractivity (Wildman–Crippen MR) is 61.8 cm³/mol. The second-order valence-corrected chi connectivity index (χ2v) is 3.73. The Kier molecular flexibility index (Phi) is 4.41. The number of carboxylic acids is 1. The minimum Gasteiger partial charge on any atom is -0.480 e. The van der Waals surface area contributed by atoms with Crippen LogP contribution in [0.1, 0.15) is 13.8 Å². The molecule has 0 saturated heterocycles. The van der Waals surface area contributed by atoms with Gasteiger partial charge in [0.05, 0.1) is 11.9 Å². The second kappa shape index (κ2) is 5.80. The Labute approximate surface area is 103 Å². The molecule has 1 aromatic heterocycles. The van der Waals surface area contributed by atoms with Gasteiger partial charge in [0.2, 0.25) is 11.8 Å². The van der Waals surface area contributed by atoms with Gasteiger partial charge in [-0.3, -0.25) is 19.1 Å². The lowest BCUT2D eigenvalue weighted by molar-refractivity contribution is -0.137. The van der Waals surface area contributed by atoms with Crippen LogP contribution in [0.25, 0.3) is 0 Å². The molecule has 1 heterocycles. The molecule has 8 heteroatoms. The molecule has 0 radical (unpaired) electrons. The Morgan fingerprint density at radius 3 is 2.72 bits per heavy atom. The molecule has 1 aromatic rings. The van der Waals surface area contributed by atoms with Crippen molar-refractivity contribution >= 4 is 23.5 Å². The fourth-order valence-corrected chi connectivity index (χ4v) is 1.27. The zero-order valence-electron chi connectivity index (χ0n) is 10.0. The normalized spacial score (nSPS) is 11.7. The monoisotopic (exact) mass is 254 g/mol. The molecule has 8 nitrogen and oxygen atoms in total. The minimum absolute atomic E-state index is 0.281. The third kappa shape index (κ3) is 4.24. The Morgan fingerprint density at radius 2 is 2.17 bits per heavy atom. The lowest BCUT2D eigenvalue weighted by atomic mass is 10.3. The molecule has 2 amide bonds. The van der Waals surface area contributed by atoms with Crippen molar-refractivity contribution in [2.24, 2.45) is 0 Å². The molecule has 0 saturated carbocycles. The quantitative estimate of drug-likeness (QED) is 0.651. The Balaban J connectivity index is 2.56. The summed E-state index contributed by atoms with van der Waals surface area (Å²) in [4.78, 5) is 32.8. The van der Waals surface area contributed by atoms with Crippen LogP contribution in [0.4, 0.5) is 5.69 Å². The molecule has 0 aliphatic carbocycles. The minimum atomic E-state index is -1.03. The van der Waals surface area contributed by atoms with Crippen molar-refractivity contribution < 1.29 is 19.5 Å². The summed E-state index contributed by atoms with van der Waals surface area (Å²) in [6, 6.07) is -0.676. The van der Waals surface area contributed by atoms with Crippen LogP contribution < -0.4 is 10.6 Å². The van der Waals surface area contributed by atoms with Gasteiger partial charge in [-0.25, -0.2) is 0 Å². The molecule has 1 unspecified atom stereocenters. The van der Waals surface area contributed by atoms with E-state index in [9.17, 15) is 14.4 Å². The van der Waals surface area contributed by atoms with Crippen LogP contribution in [-0.4, -0.2) is 38.7 Å². The van der Waals surface area contributed by atoms with Crippen molar-refractivity contribution in [3.05, 3.63) is 12.4 Å². The van der Waals surface area contributed by atoms with E-state index >= 15 is 0 Å². The van der Waals surface area contributed by atoms with Crippen LogP contribution in [0.3, 0.4) is 0 Å². The van der Waals surface area contributed by atoms with Crippen molar-refractivity contribution in [2.75, 3.05) is 5.32 Å². The average molecular weight is 254 g/mol. The molecule has 0 aliphatic heterocycles. The highest BCUT2D eigenvalue weighted by Gasteiger charge is 2.14. The van der Waals surface area contributed by atoms with Gasteiger partial charge in [-0.15, -0.1) is 0 Å². The van der Waals surface area contributed by atoms with E-state index in [0.717, 1.165) is 0 Å². The number of hydrogen-bond donors (Lipinski definition) is 3. The zero-order chi connectivity index (χ0) is 13.7. The number of carbonyl (C=O) groups excluding carboxylic acids is 2. The van der Waals surface area contributed by atoms with Gasteiger partial charge in [0, 0.05) is 13.1 Å². The van der Waals surface area contributed by atoms with Crippen LogP contribution in [0.15, 0.2) is 12.4 Å². The van der Waals surface area contributed by atoms with E-state index < -0.39 is 17.9 Å². The van der Waals surface area contributed by atoms with Crippen molar-refractivity contribution in [3.8, 4) is 0 Å². The smallest absolute Gasteiger partial charge is 0.325 e. The average Bonchev–Trinajstić information content (AvgIpc) is 2.63. The number of amides is 2. The van der Waals surface area contributed by atoms with Gasteiger partial charge in [0.1, 0.15) is 12.6 Å². The predicted octanol–water partition coefficient (Wildman–Crippen LogP) is -0.569. The molecule has 18 heavy (non-hydrogen) atoms. The number of nitrogens with one attached hydrogen (secondary N) is 2. The zero-order valence-corrected chi connectivity index (χ0v) is 10.0. The maximum Gasteiger partial charge on any atom is 0.325 e. The number of aliphatic carboxylic acids is 1. The fraction of sp³-hybridized carbons (Fsp3) is 0.400. The van der Waals surface area contributed by atoms with Crippen LogP contribution in [0, 0.1) is 0 Å². The van der Waals surface area contributed by atoms with E-state index in [4.69, 9.17) is 5.11 Å². The van der Waals surface area contributed by atoms with E-state index in [-0.39, 0.29) is 12.5 Å². The van der Waals surface area contributed by atoms with Crippen molar-refractivity contribution in [3.63, 3.8) is 0 Å². The maximum absolute atomic E-state index is 11.6. The van der Waals surface area contributed by atoms with Gasteiger partial charge in [-0.2, -0.15) is 5.10 Å². The summed E-state index contributed by atoms with van der Waals surface area (Å²) in [6.45, 7) is 2.57. The summed E-state index contributed by atoms with van der Waals surface area (Å²) in [5.41, 5.74) is 0.374. The first-order valence-corrected chi connectivity index (χ1v) is 5.20. The lowest BCUT2D eigenvalue weighted by Crippen LogP contribution is -2.40. The van der Waals surface area contributed by atoms with Crippen molar-refractivity contribution in [1.29, 1.82) is 0 Å². The highest BCUT2D eigenvalue weighted by atomic mass is 16.4. The third-order valence-corrected chi connectivity index (χ3v) is 2.01. The Morgan fingerprint density at radius 1 is 1.50 bits per heavy atom. The van der Waals surface area contributed by atoms with Crippen LogP contribution in [-0.2, 0) is 20.9 Å². The van der Waals surface area contributed by atoms with Crippen LogP contribution in [0.5, 0.6) is 0 Å². The molecule has 0 fully saturated rings. The molecular formula is C10H14N4O4. The highest BCUT2D eigenvalue weighted by molar-refractivity contribution is 5.96. The topological polar surface area (TPSA) is 113 Å². The van der Waals surface area contributed by atoms with Crippen molar-refractivity contribution in [2.45, 2.75) is 26.4 Å². The van der Waals surface area contributed by atoms with Gasteiger partial charge >= 0.3 is 5.97 Å². The van der Waals surface area contributed by atoms with Crippen molar-refractivity contribution in [1.82, 2.24) is 15.1 Å². The maximum atomic E-state index is 11.6. The summed E-state index contributed by atoms with van der Waals surface area (Å²) in [5, 5.41) is 17.3. The number of hydrogen-bond acceptors (Lipinski definition) is 4. The number of carbonyl (C=O) groups is 3. The molecule has 0 spiro atoms. The number of aromatic nitrogens is 2. The summed E-state index contributed by atoms with van der Waals surface area (Å²) in [6.07, 6.45) is 2.73. The molecule has 0 aliphatic rings. The Hall–Kier alpha value is -2.38. The third-order valence-electron chi connectivity index (χ3n) is 2.01. The summed E-state index contributed by atoms with van der Waals surface area (Å²) in [5.74, 6) is -1.73. The molecule has 3 N–H and O–H groups in total. The van der Waals surface area contributed by atoms with Gasteiger partial charge in [-0.1, -0.05) is 0 Å². The first-order chi connectivity index (χ1) is 8.38. The molecule has 1 atom stereocenters. The number of rotatable bonds is 5. The SMILES string of the molecule is CC(=O)NC(C)C(=O)Nc1cnn(CC(=O)O)c1. The standard InChI is InChI=1S/C10H14N4O4/c1-6(12-7(2)15)10(18)13-8-3-11-14(4-8)5-9(16)17/h3-4,6H,5H2,1-2H3,(H,12,15)(H,13,18)(H,16,17). The van der Waals surface area contributed by atoms with Gasteiger partial charge in [-0.05, 0) is 6.92 Å².